The third-order valence-corrected chi connectivity index (χ3v) is 4.99. The van der Waals surface area contributed by atoms with Gasteiger partial charge >= 0.3 is 53.6 Å². The first-order valence-electron chi connectivity index (χ1n) is 8.61. The lowest BCUT2D eigenvalue weighted by Gasteiger charge is -2.43. The predicted octanol–water partition coefficient (Wildman–Crippen LogP) is 7.01. The number of nitrogens with zero attached hydrogens (tertiary/aromatic N) is 2. The Morgan fingerprint density at radius 2 is 0.892 bits per heavy atom. The van der Waals surface area contributed by atoms with E-state index in [2.05, 4.69) is 10.2 Å². The van der Waals surface area contributed by atoms with Gasteiger partial charge in [-0.05, 0) is 12.1 Å². The van der Waals surface area contributed by atoms with Crippen LogP contribution in [0, 0.1) is 0 Å². The minimum atomic E-state index is -8.74. The van der Waals surface area contributed by atoms with Crippen molar-refractivity contribution in [3.8, 4) is 0 Å². The first-order valence-corrected chi connectivity index (χ1v) is 8.61. The Balaban J connectivity index is 2.64. The molecule has 0 atom stereocenters. The van der Waals surface area contributed by atoms with Gasteiger partial charge in [0.25, 0.3) is 5.66 Å². The van der Waals surface area contributed by atoms with Crippen LogP contribution in [0.25, 0.3) is 0 Å². The zero-order chi connectivity index (χ0) is 29.5. The van der Waals surface area contributed by atoms with E-state index in [4.69, 9.17) is 5.11 Å². The first-order chi connectivity index (χ1) is 16.1. The van der Waals surface area contributed by atoms with Crippen LogP contribution in [0.4, 0.5) is 74.6 Å². The molecule has 0 aromatic heterocycles. The van der Waals surface area contributed by atoms with E-state index in [1.807, 2.05) is 0 Å². The minimum absolute atomic E-state index is 0.149. The Kier molecular flexibility index (Phi) is 6.40. The Morgan fingerprint density at radius 3 is 1.19 bits per heavy atom. The molecule has 37 heavy (non-hydrogen) atoms. The summed E-state index contributed by atoms with van der Waals surface area (Å²) < 4.78 is 228. The van der Waals surface area contributed by atoms with E-state index in [0.29, 0.717) is 12.1 Å². The largest absolute Gasteiger partial charge is 0.478 e. The van der Waals surface area contributed by atoms with Gasteiger partial charge < -0.3 is 5.11 Å². The number of aromatic carboxylic acids is 1. The lowest BCUT2D eigenvalue weighted by Crippen LogP contribution is -2.75. The molecule has 1 N–H and O–H groups in total. The van der Waals surface area contributed by atoms with Crippen molar-refractivity contribution >= 4 is 5.97 Å². The molecule has 1 aliphatic rings. The number of alkyl halides is 17. The van der Waals surface area contributed by atoms with Gasteiger partial charge in [-0.1, -0.05) is 12.1 Å². The highest BCUT2D eigenvalue weighted by Gasteiger charge is 2.97. The van der Waals surface area contributed by atoms with Crippen molar-refractivity contribution < 1.29 is 84.5 Å². The van der Waals surface area contributed by atoms with E-state index in [0.717, 1.165) is 0 Å². The van der Waals surface area contributed by atoms with Crippen LogP contribution in [-0.2, 0) is 5.66 Å². The molecule has 1 heterocycles. The minimum Gasteiger partial charge on any atom is -0.478 e. The van der Waals surface area contributed by atoms with Gasteiger partial charge in [0.05, 0.1) is 5.56 Å². The standard InChI is InChI=1S/C16H5F17N2O2/c17-9(18,8(34-35-8)6-3-1-5(2-4-6)7(36)37)10(19,20)11(21,22)12(23,24)13(25,26)14(27,28)15(29,30)16(31,32)33/h1-4H,(H,36,37). The van der Waals surface area contributed by atoms with Crippen molar-refractivity contribution in [1.82, 2.24) is 0 Å². The molecule has 0 saturated heterocycles. The van der Waals surface area contributed by atoms with Gasteiger partial charge in [0.15, 0.2) is 0 Å². The molecule has 21 heteroatoms. The van der Waals surface area contributed by atoms with Crippen molar-refractivity contribution in [3.05, 3.63) is 35.4 Å². The lowest BCUT2D eigenvalue weighted by atomic mass is 9.84. The second-order valence-corrected chi connectivity index (χ2v) is 7.27. The number of carbonyl (C=O) groups is 1. The van der Waals surface area contributed by atoms with Crippen molar-refractivity contribution in [2.45, 2.75) is 53.3 Å². The topological polar surface area (TPSA) is 62.0 Å². The predicted molar refractivity (Wildman–Crippen MR) is 80.6 cm³/mol. The number of rotatable bonds is 9. The molecule has 0 saturated carbocycles. The smallest absolute Gasteiger partial charge is 0.460 e. The summed E-state index contributed by atoms with van der Waals surface area (Å²) in [5.41, 5.74) is -6.57. The summed E-state index contributed by atoms with van der Waals surface area (Å²) in [5, 5.41) is 13.2. The summed E-state index contributed by atoms with van der Waals surface area (Å²) in [4.78, 5) is 10.7. The molecule has 2 rings (SSSR count). The highest BCUT2D eigenvalue weighted by Crippen LogP contribution is 2.67. The summed E-state index contributed by atoms with van der Waals surface area (Å²) in [6.45, 7) is 0. The second-order valence-electron chi connectivity index (χ2n) is 7.27. The summed E-state index contributed by atoms with van der Waals surface area (Å²) in [5.74, 6) is -59.4. The average Bonchev–Trinajstić information content (AvgIpc) is 3.54. The van der Waals surface area contributed by atoms with Gasteiger partial charge in [-0.15, -0.1) is 10.2 Å². The molecule has 1 aliphatic heterocycles. The van der Waals surface area contributed by atoms with Crippen LogP contribution in [0.2, 0.25) is 0 Å². The number of benzene rings is 1. The monoisotopic (exact) mass is 580 g/mol. The normalized spacial score (nSPS) is 17.6. The van der Waals surface area contributed by atoms with Crippen molar-refractivity contribution in [3.63, 3.8) is 0 Å². The molecule has 0 unspecified atom stereocenters. The van der Waals surface area contributed by atoms with Crippen LogP contribution < -0.4 is 0 Å². The molecular formula is C16H5F17N2O2. The molecular weight excluding hydrogens is 575 g/mol. The molecule has 0 radical (unpaired) electrons. The lowest BCUT2D eigenvalue weighted by molar-refractivity contribution is -0.463. The van der Waals surface area contributed by atoms with Gasteiger partial charge in [0, 0.05) is 5.56 Å². The fraction of sp³-hybridized carbons (Fsp3) is 0.562. The maximum Gasteiger partial charge on any atom is 0.460 e. The maximum atomic E-state index is 14.5. The van der Waals surface area contributed by atoms with Crippen molar-refractivity contribution in [2.75, 3.05) is 0 Å². The SMILES string of the molecule is O=C(O)c1ccc(C2(C(F)(F)C(F)(F)C(F)(F)C(F)(F)C(F)(F)C(F)(F)C(F)(F)C(F)(F)F)N=N2)cc1. The highest BCUT2D eigenvalue weighted by molar-refractivity contribution is 5.87. The maximum absolute atomic E-state index is 14.5. The zero-order valence-corrected chi connectivity index (χ0v) is 16.5. The van der Waals surface area contributed by atoms with Gasteiger partial charge in [-0.2, -0.15) is 74.6 Å². The van der Waals surface area contributed by atoms with E-state index in [1.165, 1.54) is 0 Å². The third kappa shape index (κ3) is 3.62. The first kappa shape index (κ1) is 30.3. The number of carboxylic acid groups (broad SMARTS) is 1. The molecule has 0 spiro atoms. The summed E-state index contributed by atoms with van der Waals surface area (Å²) in [6.07, 6.45) is -7.84. The number of halogens is 17. The quantitative estimate of drug-likeness (QED) is 0.320. The van der Waals surface area contributed by atoms with E-state index in [9.17, 15) is 79.4 Å². The Bertz CT molecular complexity index is 1090. The third-order valence-electron chi connectivity index (χ3n) is 4.99. The molecule has 0 amide bonds. The Labute approximate surface area is 190 Å². The number of hydrogen-bond acceptors (Lipinski definition) is 3. The zero-order valence-electron chi connectivity index (χ0n) is 16.5. The van der Waals surface area contributed by atoms with Crippen molar-refractivity contribution in [1.29, 1.82) is 0 Å². The van der Waals surface area contributed by atoms with Crippen LogP contribution in [0.5, 0.6) is 0 Å². The van der Waals surface area contributed by atoms with E-state index in [1.54, 1.807) is 0 Å². The van der Waals surface area contributed by atoms with E-state index in [-0.39, 0.29) is 12.1 Å². The fourth-order valence-electron chi connectivity index (χ4n) is 2.70. The molecule has 0 aliphatic carbocycles. The van der Waals surface area contributed by atoms with Crippen molar-refractivity contribution in [2.24, 2.45) is 10.2 Å². The highest BCUT2D eigenvalue weighted by atomic mass is 19.4. The molecule has 1 aromatic carbocycles. The van der Waals surface area contributed by atoms with E-state index >= 15 is 0 Å². The number of carboxylic acids is 1. The van der Waals surface area contributed by atoms with Gasteiger partial charge in [-0.25, -0.2) is 4.79 Å². The van der Waals surface area contributed by atoms with Crippen LogP contribution in [-0.4, -0.2) is 58.7 Å². The molecule has 210 valence electrons. The molecule has 1 aromatic rings. The average molecular weight is 580 g/mol. The molecule has 4 nitrogen and oxygen atoms in total. The second kappa shape index (κ2) is 7.81. The van der Waals surface area contributed by atoms with Crippen LogP contribution in [0.1, 0.15) is 15.9 Å². The van der Waals surface area contributed by atoms with Crippen LogP contribution in [0.3, 0.4) is 0 Å². The number of hydrogen-bond donors (Lipinski definition) is 1. The fourth-order valence-corrected chi connectivity index (χ4v) is 2.70. The van der Waals surface area contributed by atoms with Crippen LogP contribution >= 0.6 is 0 Å². The molecule has 0 fully saturated rings. The van der Waals surface area contributed by atoms with Gasteiger partial charge in [-0.3, -0.25) is 0 Å². The van der Waals surface area contributed by atoms with Gasteiger partial charge in [0.1, 0.15) is 0 Å². The van der Waals surface area contributed by atoms with E-state index < -0.39 is 70.4 Å². The summed E-state index contributed by atoms with van der Waals surface area (Å²) in [7, 11) is 0. The summed E-state index contributed by atoms with van der Waals surface area (Å²) in [6, 6.07) is 0.988. The Morgan fingerprint density at radius 1 is 0.568 bits per heavy atom. The van der Waals surface area contributed by atoms with Gasteiger partial charge in [0.2, 0.25) is 0 Å². The van der Waals surface area contributed by atoms with Crippen LogP contribution in [0.15, 0.2) is 34.5 Å². The Hall–Kier alpha value is -2.90. The summed E-state index contributed by atoms with van der Waals surface area (Å²) >= 11 is 0. The molecule has 0 bridgehead atoms.